The molecule has 0 amide bonds. The molecular formula is C12H8BNO2S. The summed E-state index contributed by atoms with van der Waals surface area (Å²) in [6, 6.07) is 11.6. The van der Waals surface area contributed by atoms with Gasteiger partial charge in [-0.3, -0.25) is 10.1 Å². The van der Waals surface area contributed by atoms with E-state index in [2.05, 4.69) is 0 Å². The molecule has 0 radical (unpaired) electrons. The molecule has 0 saturated heterocycles. The van der Waals surface area contributed by atoms with Crippen LogP contribution in [-0.2, 0) is 0 Å². The van der Waals surface area contributed by atoms with Crippen LogP contribution in [0.1, 0.15) is 0 Å². The number of rotatable bonds is 1. The van der Waals surface area contributed by atoms with Gasteiger partial charge in [0.1, 0.15) is 7.85 Å². The summed E-state index contributed by atoms with van der Waals surface area (Å²) < 4.78 is 2.07. The zero-order valence-corrected chi connectivity index (χ0v) is 9.95. The maximum absolute atomic E-state index is 11.2. The monoisotopic (exact) mass is 241 g/mol. The molecule has 0 unspecified atom stereocenters. The fourth-order valence-corrected chi connectivity index (χ4v) is 3.25. The Bertz CT molecular complexity index is 751. The lowest BCUT2D eigenvalue weighted by Gasteiger charge is -1.99. The molecule has 1 aromatic heterocycles. The molecule has 17 heavy (non-hydrogen) atoms. The van der Waals surface area contributed by atoms with Crippen molar-refractivity contribution in [3.05, 3.63) is 46.5 Å². The van der Waals surface area contributed by atoms with Crippen molar-refractivity contribution in [2.45, 2.75) is 0 Å². The largest absolute Gasteiger partial charge is 0.272 e. The molecule has 0 N–H and O–H groups in total. The third kappa shape index (κ3) is 1.43. The van der Waals surface area contributed by atoms with Crippen molar-refractivity contribution in [3.63, 3.8) is 0 Å². The van der Waals surface area contributed by atoms with Crippen molar-refractivity contribution < 1.29 is 4.92 Å². The molecule has 0 atom stereocenters. The SMILES string of the molecule is Bc1ccc2sc3ccccc3c2c1[N+](=O)[O-]. The maximum atomic E-state index is 11.2. The van der Waals surface area contributed by atoms with Gasteiger partial charge < -0.3 is 0 Å². The van der Waals surface area contributed by atoms with Gasteiger partial charge in [0.25, 0.3) is 5.69 Å². The lowest BCUT2D eigenvalue weighted by atomic mass is 9.92. The molecule has 3 nitrogen and oxygen atoms in total. The second kappa shape index (κ2) is 3.57. The predicted octanol–water partition coefficient (Wildman–Crippen LogP) is 2.22. The summed E-state index contributed by atoms with van der Waals surface area (Å²) in [6.45, 7) is 0. The van der Waals surface area contributed by atoms with Crippen LogP contribution in [0.2, 0.25) is 0 Å². The first kappa shape index (κ1) is 10.3. The summed E-state index contributed by atoms with van der Waals surface area (Å²) in [5.74, 6) is 0. The topological polar surface area (TPSA) is 43.1 Å². The van der Waals surface area contributed by atoms with Gasteiger partial charge in [0.2, 0.25) is 0 Å². The summed E-state index contributed by atoms with van der Waals surface area (Å²) in [6.07, 6.45) is 0. The highest BCUT2D eigenvalue weighted by atomic mass is 32.1. The molecule has 5 heteroatoms. The quantitative estimate of drug-likeness (QED) is 0.372. The van der Waals surface area contributed by atoms with Crippen LogP contribution >= 0.6 is 11.3 Å². The molecule has 0 aliphatic carbocycles. The zero-order chi connectivity index (χ0) is 12.0. The summed E-state index contributed by atoms with van der Waals surface area (Å²) in [7, 11) is 1.78. The van der Waals surface area contributed by atoms with Gasteiger partial charge in [0.15, 0.2) is 0 Å². The third-order valence-corrected chi connectivity index (χ3v) is 4.04. The molecule has 0 spiro atoms. The first-order valence-electron chi connectivity index (χ1n) is 5.24. The summed E-state index contributed by atoms with van der Waals surface area (Å²) in [5, 5.41) is 12.9. The molecule has 0 fully saturated rings. The van der Waals surface area contributed by atoms with Gasteiger partial charge in [-0.2, -0.15) is 0 Å². The van der Waals surface area contributed by atoms with Crippen LogP contribution in [0.4, 0.5) is 5.69 Å². The Morgan fingerprint density at radius 1 is 1.12 bits per heavy atom. The van der Waals surface area contributed by atoms with Crippen LogP contribution in [0, 0.1) is 10.1 Å². The van der Waals surface area contributed by atoms with Gasteiger partial charge in [-0.1, -0.05) is 24.3 Å². The zero-order valence-electron chi connectivity index (χ0n) is 9.14. The molecule has 0 bridgehead atoms. The number of fused-ring (bicyclic) bond motifs is 3. The smallest absolute Gasteiger partial charge is 0.258 e. The molecule has 2 aromatic carbocycles. The van der Waals surface area contributed by atoms with Gasteiger partial charge in [0.05, 0.1) is 10.3 Å². The third-order valence-electron chi connectivity index (χ3n) is 2.90. The van der Waals surface area contributed by atoms with Crippen LogP contribution in [0.5, 0.6) is 0 Å². The van der Waals surface area contributed by atoms with E-state index in [1.54, 1.807) is 19.2 Å². The van der Waals surface area contributed by atoms with Gasteiger partial charge in [-0.25, -0.2) is 0 Å². The second-order valence-electron chi connectivity index (χ2n) is 3.96. The van der Waals surface area contributed by atoms with Crippen LogP contribution in [0.25, 0.3) is 20.2 Å². The molecule has 3 aromatic rings. The highest BCUT2D eigenvalue weighted by molar-refractivity contribution is 7.26. The van der Waals surface area contributed by atoms with Gasteiger partial charge in [-0.15, -0.1) is 11.3 Å². The summed E-state index contributed by atoms with van der Waals surface area (Å²) in [4.78, 5) is 10.9. The average molecular weight is 241 g/mol. The van der Waals surface area contributed by atoms with Crippen molar-refractivity contribution in [3.8, 4) is 0 Å². The van der Waals surface area contributed by atoms with Crippen LogP contribution in [-0.4, -0.2) is 12.8 Å². The Kier molecular flexibility index (Phi) is 2.16. The Morgan fingerprint density at radius 3 is 2.65 bits per heavy atom. The molecule has 0 aliphatic rings. The molecule has 3 rings (SSSR count). The number of nitrogens with zero attached hydrogens (tertiary/aromatic N) is 1. The molecule has 1 heterocycles. The van der Waals surface area contributed by atoms with E-state index < -0.39 is 0 Å². The van der Waals surface area contributed by atoms with Gasteiger partial charge in [0, 0.05) is 14.8 Å². The van der Waals surface area contributed by atoms with Crippen molar-refractivity contribution in [2.24, 2.45) is 0 Å². The second-order valence-corrected chi connectivity index (χ2v) is 5.04. The highest BCUT2D eigenvalue weighted by Gasteiger charge is 2.19. The molecule has 82 valence electrons. The number of hydrogen-bond donors (Lipinski definition) is 0. The number of benzene rings is 2. The standard InChI is InChI=1S/C12H8BNO2S/c13-8-5-6-10-11(12(8)14(15)16)7-3-1-2-4-9(7)17-10/h1-6H,13H2. The van der Waals surface area contributed by atoms with Crippen molar-refractivity contribution in [1.29, 1.82) is 0 Å². The number of hydrogen-bond acceptors (Lipinski definition) is 3. The Balaban J connectivity index is 2.60. The van der Waals surface area contributed by atoms with E-state index in [1.165, 1.54) is 0 Å². The van der Waals surface area contributed by atoms with E-state index in [-0.39, 0.29) is 10.6 Å². The fourth-order valence-electron chi connectivity index (χ4n) is 2.14. The van der Waals surface area contributed by atoms with E-state index in [0.29, 0.717) is 5.46 Å². The van der Waals surface area contributed by atoms with Crippen LogP contribution < -0.4 is 5.46 Å². The first-order chi connectivity index (χ1) is 8.18. The van der Waals surface area contributed by atoms with E-state index in [9.17, 15) is 10.1 Å². The van der Waals surface area contributed by atoms with Crippen molar-refractivity contribution in [1.82, 2.24) is 0 Å². The molecule has 0 saturated carbocycles. The van der Waals surface area contributed by atoms with Crippen LogP contribution in [0.15, 0.2) is 36.4 Å². The first-order valence-corrected chi connectivity index (χ1v) is 6.05. The maximum Gasteiger partial charge on any atom is 0.272 e. The Labute approximate surface area is 102 Å². The Hall–Kier alpha value is -1.88. The minimum Gasteiger partial charge on any atom is -0.258 e. The molecular weight excluding hydrogens is 233 g/mol. The fraction of sp³-hybridized carbons (Fsp3) is 0. The van der Waals surface area contributed by atoms with Crippen molar-refractivity contribution >= 4 is 50.5 Å². The van der Waals surface area contributed by atoms with E-state index in [0.717, 1.165) is 20.2 Å². The highest BCUT2D eigenvalue weighted by Crippen LogP contribution is 2.37. The van der Waals surface area contributed by atoms with E-state index in [1.807, 2.05) is 36.4 Å². The van der Waals surface area contributed by atoms with Crippen molar-refractivity contribution in [2.75, 3.05) is 0 Å². The number of thiophene rings is 1. The lowest BCUT2D eigenvalue weighted by molar-refractivity contribution is -0.381. The van der Waals surface area contributed by atoms with Gasteiger partial charge >= 0.3 is 0 Å². The minimum atomic E-state index is -0.281. The predicted molar refractivity (Wildman–Crippen MR) is 74.2 cm³/mol. The molecule has 0 aliphatic heterocycles. The average Bonchev–Trinajstić information content (AvgIpc) is 2.67. The van der Waals surface area contributed by atoms with E-state index in [4.69, 9.17) is 0 Å². The van der Waals surface area contributed by atoms with E-state index >= 15 is 0 Å². The summed E-state index contributed by atoms with van der Waals surface area (Å²) in [5.41, 5.74) is 0.950. The normalized spacial score (nSPS) is 11.1. The summed E-state index contributed by atoms with van der Waals surface area (Å²) >= 11 is 1.60. The van der Waals surface area contributed by atoms with Crippen LogP contribution in [0.3, 0.4) is 0 Å². The number of nitro benzene ring substituents is 1. The Morgan fingerprint density at radius 2 is 1.88 bits per heavy atom. The number of nitro groups is 1. The lowest BCUT2D eigenvalue weighted by Crippen LogP contribution is -2.08. The van der Waals surface area contributed by atoms with Gasteiger partial charge in [-0.05, 0) is 17.6 Å². The minimum absolute atomic E-state index is 0.236.